The molecule has 0 aromatic heterocycles. The Kier molecular flexibility index (Phi) is 5.74. The van der Waals surface area contributed by atoms with Gasteiger partial charge in [0.25, 0.3) is 0 Å². The maximum atomic E-state index is 10.1. The van der Waals surface area contributed by atoms with Gasteiger partial charge in [0, 0.05) is 26.2 Å². The molecule has 0 aromatic carbocycles. The molecule has 1 rings (SSSR count). The lowest BCUT2D eigenvalue weighted by molar-refractivity contribution is -0.0535. The van der Waals surface area contributed by atoms with Crippen molar-refractivity contribution in [3.8, 4) is 0 Å². The first kappa shape index (κ1) is 14.3. The van der Waals surface area contributed by atoms with Gasteiger partial charge in [-0.3, -0.25) is 0 Å². The molecule has 17 heavy (non-hydrogen) atoms. The van der Waals surface area contributed by atoms with Gasteiger partial charge in [-0.05, 0) is 25.2 Å². The van der Waals surface area contributed by atoms with Gasteiger partial charge in [0.1, 0.15) is 0 Å². The summed E-state index contributed by atoms with van der Waals surface area (Å²) in [4.78, 5) is 0. The molecule has 4 atom stereocenters. The molecule has 0 aliphatic heterocycles. The number of rotatable bonds is 6. The van der Waals surface area contributed by atoms with Gasteiger partial charge in [0.15, 0.2) is 0 Å². The van der Waals surface area contributed by atoms with Crippen molar-refractivity contribution < 1.29 is 14.9 Å². The minimum Gasteiger partial charge on any atom is -0.396 e. The molecule has 0 spiro atoms. The summed E-state index contributed by atoms with van der Waals surface area (Å²) in [5.74, 6) is 0.660. The van der Waals surface area contributed by atoms with E-state index in [1.54, 1.807) is 7.11 Å². The predicted molar refractivity (Wildman–Crippen MR) is 66.1 cm³/mol. The quantitative estimate of drug-likeness (QED) is 0.519. The SMILES string of the molecule is C=C(N)NCC(O)C1CC(CO)CCC1OC. The molecule has 1 fully saturated rings. The third-order valence-corrected chi connectivity index (χ3v) is 3.54. The van der Waals surface area contributed by atoms with Crippen LogP contribution in [0.1, 0.15) is 19.3 Å². The molecular weight excluding hydrogens is 220 g/mol. The standard InChI is InChI=1S/C12H24N2O3/c1-8(13)14-6-11(16)10-5-9(7-15)3-4-12(10)17-2/h9-12,14-16H,1,3-7,13H2,2H3. The highest BCUT2D eigenvalue weighted by Crippen LogP contribution is 2.32. The van der Waals surface area contributed by atoms with Crippen LogP contribution < -0.4 is 11.1 Å². The molecule has 0 aromatic rings. The van der Waals surface area contributed by atoms with Crippen LogP contribution in [0, 0.1) is 11.8 Å². The summed E-state index contributed by atoms with van der Waals surface area (Å²) in [5, 5.41) is 22.1. The van der Waals surface area contributed by atoms with E-state index in [0.717, 1.165) is 19.3 Å². The lowest BCUT2D eigenvalue weighted by Gasteiger charge is -2.37. The van der Waals surface area contributed by atoms with E-state index in [0.29, 0.717) is 12.4 Å². The lowest BCUT2D eigenvalue weighted by Crippen LogP contribution is -2.44. The molecule has 1 aliphatic carbocycles. The molecule has 5 nitrogen and oxygen atoms in total. The van der Waals surface area contributed by atoms with E-state index in [2.05, 4.69) is 11.9 Å². The lowest BCUT2D eigenvalue weighted by atomic mass is 9.77. The fourth-order valence-corrected chi connectivity index (χ4v) is 2.52. The number of aliphatic hydroxyl groups is 2. The Balaban J connectivity index is 2.52. The molecule has 100 valence electrons. The summed E-state index contributed by atoms with van der Waals surface area (Å²) in [5.41, 5.74) is 5.40. The Morgan fingerprint density at radius 3 is 2.82 bits per heavy atom. The van der Waals surface area contributed by atoms with Gasteiger partial charge in [-0.15, -0.1) is 0 Å². The molecule has 5 heteroatoms. The summed E-state index contributed by atoms with van der Waals surface area (Å²) in [6.07, 6.45) is 2.15. The van der Waals surface area contributed by atoms with Gasteiger partial charge in [0.2, 0.25) is 0 Å². The van der Waals surface area contributed by atoms with Crippen LogP contribution in [0.3, 0.4) is 0 Å². The summed E-state index contributed by atoms with van der Waals surface area (Å²) in [7, 11) is 1.67. The highest BCUT2D eigenvalue weighted by atomic mass is 16.5. The second-order valence-corrected chi connectivity index (χ2v) is 4.77. The third kappa shape index (κ3) is 4.18. The van der Waals surface area contributed by atoms with E-state index in [-0.39, 0.29) is 24.5 Å². The fourth-order valence-electron chi connectivity index (χ4n) is 2.52. The minimum atomic E-state index is -0.533. The molecule has 1 aliphatic rings. The molecule has 0 heterocycles. The fraction of sp³-hybridized carbons (Fsp3) is 0.833. The van der Waals surface area contributed by atoms with Gasteiger partial charge in [-0.25, -0.2) is 0 Å². The van der Waals surface area contributed by atoms with Gasteiger partial charge < -0.3 is 26.0 Å². The van der Waals surface area contributed by atoms with Crippen molar-refractivity contribution in [1.29, 1.82) is 0 Å². The van der Waals surface area contributed by atoms with E-state index in [4.69, 9.17) is 10.5 Å². The van der Waals surface area contributed by atoms with Gasteiger partial charge in [-0.2, -0.15) is 0 Å². The zero-order valence-corrected chi connectivity index (χ0v) is 10.4. The Morgan fingerprint density at radius 1 is 1.59 bits per heavy atom. The van der Waals surface area contributed by atoms with Crippen LogP contribution in [0.2, 0.25) is 0 Å². The van der Waals surface area contributed by atoms with Crippen molar-refractivity contribution in [3.63, 3.8) is 0 Å². The number of hydrogen-bond donors (Lipinski definition) is 4. The number of hydrogen-bond acceptors (Lipinski definition) is 5. The van der Waals surface area contributed by atoms with Crippen LogP contribution in [-0.4, -0.2) is 42.7 Å². The van der Waals surface area contributed by atoms with E-state index in [1.165, 1.54) is 0 Å². The van der Waals surface area contributed by atoms with Crippen LogP contribution in [0.4, 0.5) is 0 Å². The molecule has 0 saturated heterocycles. The van der Waals surface area contributed by atoms with Crippen molar-refractivity contribution in [3.05, 3.63) is 12.4 Å². The molecule has 1 saturated carbocycles. The third-order valence-electron chi connectivity index (χ3n) is 3.54. The maximum Gasteiger partial charge on any atom is 0.0886 e. The Bertz CT molecular complexity index is 248. The van der Waals surface area contributed by atoms with Gasteiger partial charge in [0.05, 0.1) is 18.0 Å². The Hall–Kier alpha value is -0.780. The van der Waals surface area contributed by atoms with Crippen molar-refractivity contribution in [2.45, 2.75) is 31.5 Å². The maximum absolute atomic E-state index is 10.1. The van der Waals surface area contributed by atoms with Crippen molar-refractivity contribution in [2.75, 3.05) is 20.3 Å². The number of methoxy groups -OCH3 is 1. The molecule has 0 radical (unpaired) electrons. The first-order valence-electron chi connectivity index (χ1n) is 6.08. The monoisotopic (exact) mass is 244 g/mol. The van der Waals surface area contributed by atoms with Crippen LogP contribution >= 0.6 is 0 Å². The molecular formula is C12H24N2O3. The topological polar surface area (TPSA) is 87.7 Å². The Labute approximate surface area is 103 Å². The first-order chi connectivity index (χ1) is 8.08. The van der Waals surface area contributed by atoms with Crippen molar-refractivity contribution >= 4 is 0 Å². The van der Waals surface area contributed by atoms with Crippen molar-refractivity contribution in [2.24, 2.45) is 17.6 Å². The van der Waals surface area contributed by atoms with E-state index in [1.807, 2.05) is 0 Å². The predicted octanol–water partition coefficient (Wildman–Crippen LogP) is -0.210. The molecule has 0 amide bonds. The summed E-state index contributed by atoms with van der Waals surface area (Å²) in [6, 6.07) is 0. The van der Waals surface area contributed by atoms with Gasteiger partial charge in [-0.1, -0.05) is 6.58 Å². The van der Waals surface area contributed by atoms with Crippen LogP contribution in [0.5, 0.6) is 0 Å². The normalized spacial score (nSPS) is 30.9. The highest BCUT2D eigenvalue weighted by molar-refractivity contribution is 4.89. The molecule has 5 N–H and O–H groups in total. The smallest absolute Gasteiger partial charge is 0.0886 e. The number of nitrogens with two attached hydrogens (primary N) is 1. The zero-order valence-electron chi connectivity index (χ0n) is 10.4. The number of ether oxygens (including phenoxy) is 1. The van der Waals surface area contributed by atoms with E-state index < -0.39 is 6.10 Å². The summed E-state index contributed by atoms with van der Waals surface area (Å²) >= 11 is 0. The average Bonchev–Trinajstić information content (AvgIpc) is 2.34. The van der Waals surface area contributed by atoms with E-state index >= 15 is 0 Å². The van der Waals surface area contributed by atoms with E-state index in [9.17, 15) is 10.2 Å². The van der Waals surface area contributed by atoms with Crippen LogP contribution in [0.15, 0.2) is 12.4 Å². The highest BCUT2D eigenvalue weighted by Gasteiger charge is 2.34. The van der Waals surface area contributed by atoms with Crippen LogP contribution in [-0.2, 0) is 4.74 Å². The minimum absolute atomic E-state index is 0.0396. The number of nitrogens with one attached hydrogen (secondary N) is 1. The second-order valence-electron chi connectivity index (χ2n) is 4.77. The average molecular weight is 244 g/mol. The van der Waals surface area contributed by atoms with Crippen LogP contribution in [0.25, 0.3) is 0 Å². The zero-order chi connectivity index (χ0) is 12.8. The second kappa shape index (κ2) is 6.83. The Morgan fingerprint density at radius 2 is 2.29 bits per heavy atom. The van der Waals surface area contributed by atoms with Gasteiger partial charge >= 0.3 is 0 Å². The first-order valence-corrected chi connectivity index (χ1v) is 6.08. The summed E-state index contributed by atoms with van der Waals surface area (Å²) in [6.45, 7) is 4.08. The largest absolute Gasteiger partial charge is 0.396 e. The molecule has 4 unspecified atom stereocenters. The van der Waals surface area contributed by atoms with Crippen molar-refractivity contribution in [1.82, 2.24) is 5.32 Å². The number of aliphatic hydroxyl groups excluding tert-OH is 2. The summed E-state index contributed by atoms with van der Waals surface area (Å²) < 4.78 is 5.40. The molecule has 0 bridgehead atoms.